The number of benzene rings is 2. The highest BCUT2D eigenvalue weighted by Crippen LogP contribution is 2.27. The summed E-state index contributed by atoms with van der Waals surface area (Å²) in [6.07, 6.45) is 0.777. The number of aromatic nitrogens is 5. The first-order valence-electron chi connectivity index (χ1n) is 11.4. The number of pyridine rings is 1. The molecule has 0 amide bonds. The minimum absolute atomic E-state index is 0.0903. The van der Waals surface area contributed by atoms with Crippen LogP contribution < -0.4 is 10.3 Å². The Morgan fingerprint density at radius 3 is 2.65 bits per heavy atom. The van der Waals surface area contributed by atoms with E-state index in [-0.39, 0.29) is 11.6 Å². The van der Waals surface area contributed by atoms with E-state index in [9.17, 15) is 4.79 Å². The van der Waals surface area contributed by atoms with E-state index < -0.39 is 0 Å². The molecule has 0 unspecified atom stereocenters. The van der Waals surface area contributed by atoms with E-state index in [0.717, 1.165) is 34.5 Å². The van der Waals surface area contributed by atoms with Gasteiger partial charge in [0.2, 0.25) is 0 Å². The molecule has 0 fully saturated rings. The summed E-state index contributed by atoms with van der Waals surface area (Å²) in [4.78, 5) is 18.3. The van der Waals surface area contributed by atoms with E-state index in [2.05, 4.69) is 44.5 Å². The van der Waals surface area contributed by atoms with E-state index in [0.29, 0.717) is 31.8 Å². The zero-order chi connectivity index (χ0) is 23.9. The third kappa shape index (κ3) is 5.32. The molecule has 0 saturated carbocycles. The Morgan fingerprint density at radius 2 is 1.91 bits per heavy atom. The molecule has 0 radical (unpaired) electrons. The molecule has 4 aromatic rings. The summed E-state index contributed by atoms with van der Waals surface area (Å²) < 4.78 is 12.4. The summed E-state index contributed by atoms with van der Waals surface area (Å²) in [7, 11) is 3.29. The number of rotatable bonds is 11. The summed E-state index contributed by atoms with van der Waals surface area (Å²) in [6.45, 7) is 4.26. The van der Waals surface area contributed by atoms with E-state index >= 15 is 0 Å². The van der Waals surface area contributed by atoms with Crippen molar-refractivity contribution in [2.24, 2.45) is 0 Å². The van der Waals surface area contributed by atoms with Crippen LogP contribution in [0.3, 0.4) is 0 Å². The Morgan fingerprint density at radius 1 is 1.09 bits per heavy atom. The molecule has 1 N–H and O–H groups in total. The van der Waals surface area contributed by atoms with Gasteiger partial charge >= 0.3 is 0 Å². The number of aromatic amines is 1. The van der Waals surface area contributed by atoms with Crippen molar-refractivity contribution >= 4 is 10.9 Å². The second-order valence-electron chi connectivity index (χ2n) is 8.14. The van der Waals surface area contributed by atoms with Gasteiger partial charge in [-0.05, 0) is 46.7 Å². The van der Waals surface area contributed by atoms with Crippen LogP contribution in [0.1, 0.15) is 36.3 Å². The third-order valence-corrected chi connectivity index (χ3v) is 5.92. The summed E-state index contributed by atoms with van der Waals surface area (Å²) in [5.74, 6) is 1.50. The van der Waals surface area contributed by atoms with Crippen LogP contribution in [0.2, 0.25) is 0 Å². The van der Waals surface area contributed by atoms with Gasteiger partial charge in [0.15, 0.2) is 5.82 Å². The van der Waals surface area contributed by atoms with Crippen LogP contribution in [0.4, 0.5) is 0 Å². The fourth-order valence-electron chi connectivity index (χ4n) is 4.18. The van der Waals surface area contributed by atoms with Crippen LogP contribution in [-0.2, 0) is 24.4 Å². The Labute approximate surface area is 198 Å². The van der Waals surface area contributed by atoms with E-state index in [1.807, 2.05) is 42.5 Å². The Bertz CT molecular complexity index is 1270. The molecule has 2 aromatic heterocycles. The van der Waals surface area contributed by atoms with Gasteiger partial charge < -0.3 is 14.5 Å². The topological polar surface area (TPSA) is 98.2 Å². The van der Waals surface area contributed by atoms with Gasteiger partial charge in [0.1, 0.15) is 5.75 Å². The summed E-state index contributed by atoms with van der Waals surface area (Å²) in [6, 6.07) is 17.7. The van der Waals surface area contributed by atoms with Crippen molar-refractivity contribution in [2.45, 2.75) is 39.0 Å². The van der Waals surface area contributed by atoms with Crippen LogP contribution in [0.5, 0.6) is 5.75 Å². The highest BCUT2D eigenvalue weighted by atomic mass is 16.5. The van der Waals surface area contributed by atoms with Crippen molar-refractivity contribution < 1.29 is 9.47 Å². The van der Waals surface area contributed by atoms with Crippen LogP contribution in [0.25, 0.3) is 10.9 Å². The van der Waals surface area contributed by atoms with Gasteiger partial charge in [-0.1, -0.05) is 37.3 Å². The minimum Gasteiger partial charge on any atom is -0.497 e. The summed E-state index contributed by atoms with van der Waals surface area (Å²) >= 11 is 0. The molecule has 0 aliphatic carbocycles. The molecule has 0 saturated heterocycles. The van der Waals surface area contributed by atoms with Gasteiger partial charge in [-0.3, -0.25) is 9.69 Å². The first-order chi connectivity index (χ1) is 16.6. The van der Waals surface area contributed by atoms with E-state index in [1.54, 1.807) is 18.9 Å². The smallest absolute Gasteiger partial charge is 0.252 e. The molecule has 0 aliphatic rings. The van der Waals surface area contributed by atoms with Gasteiger partial charge in [-0.2, -0.15) is 0 Å². The predicted molar refractivity (Wildman–Crippen MR) is 130 cm³/mol. The number of hydrogen-bond acceptors (Lipinski definition) is 7. The van der Waals surface area contributed by atoms with Crippen molar-refractivity contribution in [1.82, 2.24) is 30.1 Å². The Kier molecular flexibility index (Phi) is 7.66. The maximum Gasteiger partial charge on any atom is 0.252 e. The standard InChI is InChI=1S/C25H30N6O3/c1-4-23(24-27-28-29-31(24)12-13-33-2)30(16-18-8-6-5-7-9-18)17-20-14-19-15-21(34-3)10-11-22(19)26-25(20)32/h5-11,14-15,23H,4,12-13,16-17H2,1-3H3,(H,26,32)/t23-/m0/s1. The summed E-state index contributed by atoms with van der Waals surface area (Å²) in [5.41, 5.74) is 2.49. The fraction of sp³-hybridized carbons (Fsp3) is 0.360. The fourth-order valence-corrected chi connectivity index (χ4v) is 4.18. The van der Waals surface area contributed by atoms with Crippen LogP contribution in [0, 0.1) is 0 Å². The third-order valence-electron chi connectivity index (χ3n) is 5.92. The maximum absolute atomic E-state index is 13.0. The van der Waals surface area contributed by atoms with Crippen molar-refractivity contribution in [3.05, 3.63) is 81.9 Å². The number of fused-ring (bicyclic) bond motifs is 1. The number of H-pyrrole nitrogens is 1. The first-order valence-corrected chi connectivity index (χ1v) is 11.4. The molecule has 2 aromatic carbocycles. The van der Waals surface area contributed by atoms with Gasteiger partial charge in [-0.25, -0.2) is 4.68 Å². The monoisotopic (exact) mass is 462 g/mol. The van der Waals surface area contributed by atoms with Crippen molar-refractivity contribution in [3.8, 4) is 5.75 Å². The number of nitrogens with one attached hydrogen (secondary N) is 1. The second kappa shape index (κ2) is 11.0. The molecule has 2 heterocycles. The van der Waals surface area contributed by atoms with Crippen molar-refractivity contribution in [3.63, 3.8) is 0 Å². The highest BCUT2D eigenvalue weighted by Gasteiger charge is 2.26. The molecule has 0 aliphatic heterocycles. The average molecular weight is 463 g/mol. The van der Waals surface area contributed by atoms with Gasteiger partial charge in [-0.15, -0.1) is 5.10 Å². The summed E-state index contributed by atoms with van der Waals surface area (Å²) in [5, 5.41) is 13.3. The lowest BCUT2D eigenvalue weighted by Gasteiger charge is -2.30. The highest BCUT2D eigenvalue weighted by molar-refractivity contribution is 5.80. The van der Waals surface area contributed by atoms with Gasteiger partial charge in [0.05, 0.1) is 26.3 Å². The largest absolute Gasteiger partial charge is 0.497 e. The van der Waals surface area contributed by atoms with Crippen LogP contribution >= 0.6 is 0 Å². The molecule has 9 heteroatoms. The lowest BCUT2D eigenvalue weighted by Crippen LogP contribution is -2.32. The van der Waals surface area contributed by atoms with Crippen LogP contribution in [0.15, 0.2) is 59.4 Å². The number of methoxy groups -OCH3 is 2. The molecular formula is C25H30N6O3. The number of hydrogen-bond donors (Lipinski definition) is 1. The zero-order valence-electron chi connectivity index (χ0n) is 19.8. The lowest BCUT2D eigenvalue weighted by molar-refractivity contribution is 0.151. The molecule has 34 heavy (non-hydrogen) atoms. The van der Waals surface area contributed by atoms with Crippen molar-refractivity contribution in [1.29, 1.82) is 0 Å². The molecule has 4 rings (SSSR count). The van der Waals surface area contributed by atoms with Gasteiger partial charge in [0.25, 0.3) is 5.56 Å². The van der Waals surface area contributed by atoms with Gasteiger partial charge in [0, 0.05) is 36.7 Å². The quantitative estimate of drug-likeness (QED) is 0.365. The van der Waals surface area contributed by atoms with E-state index in [1.165, 1.54) is 0 Å². The SMILES string of the molecule is CC[C@@H](c1nnnn1CCOC)N(Cc1ccccc1)Cc1cc2cc(OC)ccc2[nH]c1=O. The van der Waals surface area contributed by atoms with Crippen LogP contribution in [-0.4, -0.2) is 50.9 Å². The molecule has 0 bridgehead atoms. The molecule has 1 atom stereocenters. The molecule has 9 nitrogen and oxygen atoms in total. The van der Waals surface area contributed by atoms with E-state index in [4.69, 9.17) is 9.47 Å². The number of ether oxygens (including phenoxy) is 2. The second-order valence-corrected chi connectivity index (χ2v) is 8.14. The predicted octanol–water partition coefficient (Wildman–Crippen LogP) is 3.32. The minimum atomic E-state index is -0.107. The Hall–Kier alpha value is -3.56. The normalized spacial score (nSPS) is 12.4. The first kappa shape index (κ1) is 23.6. The average Bonchev–Trinajstić information content (AvgIpc) is 3.32. The number of tetrazole rings is 1. The number of nitrogens with zero attached hydrogens (tertiary/aromatic N) is 5. The Balaban J connectivity index is 1.72. The van der Waals surface area contributed by atoms with Crippen molar-refractivity contribution in [2.75, 3.05) is 20.8 Å². The molecule has 0 spiro atoms. The molecule has 178 valence electrons. The molecular weight excluding hydrogens is 432 g/mol. The zero-order valence-corrected chi connectivity index (χ0v) is 19.8. The lowest BCUT2D eigenvalue weighted by atomic mass is 10.1. The maximum atomic E-state index is 13.0.